The van der Waals surface area contributed by atoms with Crippen LogP contribution in [0.25, 0.3) is 0 Å². The second-order valence-electron chi connectivity index (χ2n) is 7.41. The number of hydrogen-bond acceptors (Lipinski definition) is 3. The minimum atomic E-state index is 0.131. The number of aryl methyl sites for hydroxylation is 1. The van der Waals surface area contributed by atoms with Crippen molar-refractivity contribution in [3.63, 3.8) is 0 Å². The van der Waals surface area contributed by atoms with Crippen LogP contribution in [0.15, 0.2) is 48.7 Å². The summed E-state index contributed by atoms with van der Waals surface area (Å²) in [5.74, 6) is 0.704. The molecule has 0 spiro atoms. The Morgan fingerprint density at radius 3 is 2.68 bits per heavy atom. The highest BCUT2D eigenvalue weighted by Gasteiger charge is 2.36. The lowest BCUT2D eigenvalue weighted by molar-refractivity contribution is 0.0735. The Balaban J connectivity index is 1.49. The van der Waals surface area contributed by atoms with Crippen LogP contribution in [-0.4, -0.2) is 46.4 Å². The van der Waals surface area contributed by atoms with Crippen LogP contribution >= 0.6 is 0 Å². The second kappa shape index (κ2) is 6.96. The number of hydrogen-bond donors (Lipinski definition) is 0. The molecule has 0 N–H and O–H groups in total. The number of aromatic nitrogens is 1. The van der Waals surface area contributed by atoms with Crippen molar-refractivity contribution in [1.29, 1.82) is 0 Å². The van der Waals surface area contributed by atoms with E-state index in [0.717, 1.165) is 31.9 Å². The molecule has 0 radical (unpaired) electrons. The molecule has 5 rings (SSSR count). The van der Waals surface area contributed by atoms with E-state index in [1.165, 1.54) is 18.4 Å². The van der Waals surface area contributed by atoms with Crippen LogP contribution in [0.4, 0.5) is 0 Å². The molecule has 3 saturated heterocycles. The molecule has 25 heavy (non-hydrogen) atoms. The average Bonchev–Trinajstić information content (AvgIpc) is 2.94. The van der Waals surface area contributed by atoms with Gasteiger partial charge in [0, 0.05) is 44.1 Å². The molecular formula is C21H25N3O. The van der Waals surface area contributed by atoms with Crippen molar-refractivity contribution < 1.29 is 4.79 Å². The van der Waals surface area contributed by atoms with Crippen LogP contribution < -0.4 is 0 Å². The van der Waals surface area contributed by atoms with E-state index in [1.54, 1.807) is 6.20 Å². The van der Waals surface area contributed by atoms with E-state index >= 15 is 0 Å². The first-order chi connectivity index (χ1) is 12.2. The molecule has 2 aromatic rings. The molecule has 2 atom stereocenters. The van der Waals surface area contributed by atoms with Gasteiger partial charge in [-0.15, -0.1) is 0 Å². The predicted octanol–water partition coefficient (Wildman–Crippen LogP) is 3.13. The van der Waals surface area contributed by atoms with Crippen LogP contribution in [0.5, 0.6) is 0 Å². The highest BCUT2D eigenvalue weighted by Crippen LogP contribution is 2.29. The van der Waals surface area contributed by atoms with E-state index in [-0.39, 0.29) is 5.91 Å². The molecule has 4 heteroatoms. The molecule has 2 bridgehead atoms. The zero-order valence-electron chi connectivity index (χ0n) is 14.8. The SMILES string of the molecule is Cc1ccc(C(=O)N2C[C@@H]3CC[C@H](C2)N(Cc2ccccc2)C3)cn1. The average molecular weight is 335 g/mol. The van der Waals surface area contributed by atoms with Crippen molar-refractivity contribution in [2.45, 2.75) is 32.4 Å². The number of nitrogens with zero attached hydrogens (tertiary/aromatic N) is 3. The highest BCUT2D eigenvalue weighted by atomic mass is 16.2. The standard InChI is InChI=1S/C21H25N3O/c1-16-7-9-19(11-22-16)21(25)24-14-18-8-10-20(15-24)23(13-18)12-17-5-3-2-4-6-17/h2-7,9,11,18,20H,8,10,12-15H2,1H3/t18-,20-/m1/s1. The monoisotopic (exact) mass is 335 g/mol. The fraction of sp³-hybridized carbons (Fsp3) is 0.429. The summed E-state index contributed by atoms with van der Waals surface area (Å²) in [5, 5.41) is 0. The quantitative estimate of drug-likeness (QED) is 0.865. The van der Waals surface area contributed by atoms with Gasteiger partial charge < -0.3 is 4.90 Å². The van der Waals surface area contributed by atoms with Crippen molar-refractivity contribution >= 4 is 5.91 Å². The van der Waals surface area contributed by atoms with Crippen molar-refractivity contribution in [2.24, 2.45) is 5.92 Å². The topological polar surface area (TPSA) is 36.4 Å². The zero-order valence-corrected chi connectivity index (χ0v) is 14.8. The van der Waals surface area contributed by atoms with Gasteiger partial charge in [0.2, 0.25) is 0 Å². The third-order valence-corrected chi connectivity index (χ3v) is 5.50. The number of pyridine rings is 1. The van der Waals surface area contributed by atoms with Crippen molar-refractivity contribution in [3.05, 3.63) is 65.5 Å². The lowest BCUT2D eigenvalue weighted by Crippen LogP contribution is -2.43. The summed E-state index contributed by atoms with van der Waals surface area (Å²) < 4.78 is 0. The maximum Gasteiger partial charge on any atom is 0.255 e. The normalized spacial score (nSPS) is 23.5. The van der Waals surface area contributed by atoms with Crippen LogP contribution in [0, 0.1) is 12.8 Å². The van der Waals surface area contributed by atoms with Gasteiger partial charge in [-0.25, -0.2) is 0 Å². The first-order valence-corrected chi connectivity index (χ1v) is 9.19. The first-order valence-electron chi connectivity index (χ1n) is 9.19. The van der Waals surface area contributed by atoms with Crippen LogP contribution in [0.3, 0.4) is 0 Å². The Kier molecular flexibility index (Phi) is 4.53. The molecule has 0 unspecified atom stereocenters. The van der Waals surface area contributed by atoms with E-state index in [9.17, 15) is 4.79 Å². The molecule has 4 heterocycles. The maximum absolute atomic E-state index is 12.9. The molecule has 0 saturated carbocycles. The lowest BCUT2D eigenvalue weighted by Gasteiger charge is -2.36. The summed E-state index contributed by atoms with van der Waals surface area (Å²) in [4.78, 5) is 21.8. The number of carbonyl (C=O) groups excluding carboxylic acids is 1. The number of carbonyl (C=O) groups is 1. The number of rotatable bonds is 3. The van der Waals surface area contributed by atoms with Gasteiger partial charge in [0.05, 0.1) is 5.56 Å². The molecule has 1 aromatic carbocycles. The van der Waals surface area contributed by atoms with Gasteiger partial charge in [-0.1, -0.05) is 30.3 Å². The van der Waals surface area contributed by atoms with Gasteiger partial charge in [0.1, 0.15) is 0 Å². The summed E-state index contributed by atoms with van der Waals surface area (Å²) in [5.41, 5.74) is 3.01. The van der Waals surface area contributed by atoms with E-state index < -0.39 is 0 Å². The van der Waals surface area contributed by atoms with Gasteiger partial charge in [-0.2, -0.15) is 0 Å². The summed E-state index contributed by atoms with van der Waals surface area (Å²) in [6, 6.07) is 14.9. The smallest absolute Gasteiger partial charge is 0.255 e. The maximum atomic E-state index is 12.9. The largest absolute Gasteiger partial charge is 0.337 e. The van der Waals surface area contributed by atoms with Crippen LogP contribution in [0.2, 0.25) is 0 Å². The Morgan fingerprint density at radius 1 is 1.08 bits per heavy atom. The van der Waals surface area contributed by atoms with Crippen LogP contribution in [0.1, 0.15) is 34.5 Å². The minimum absolute atomic E-state index is 0.131. The summed E-state index contributed by atoms with van der Waals surface area (Å²) in [6.07, 6.45) is 4.13. The number of benzene rings is 1. The van der Waals surface area contributed by atoms with Crippen LogP contribution in [-0.2, 0) is 6.54 Å². The second-order valence-corrected chi connectivity index (χ2v) is 7.41. The molecule has 3 aliphatic heterocycles. The number of fused-ring (bicyclic) bond motifs is 4. The fourth-order valence-electron chi connectivity index (χ4n) is 4.13. The Morgan fingerprint density at radius 2 is 1.92 bits per heavy atom. The Labute approximate surface area is 149 Å². The van der Waals surface area contributed by atoms with Gasteiger partial charge in [0.15, 0.2) is 0 Å². The number of amides is 1. The van der Waals surface area contributed by atoms with Crippen molar-refractivity contribution in [1.82, 2.24) is 14.8 Å². The van der Waals surface area contributed by atoms with E-state index in [1.807, 2.05) is 19.1 Å². The molecular weight excluding hydrogens is 310 g/mol. The minimum Gasteiger partial charge on any atom is -0.337 e. The Bertz CT molecular complexity index is 729. The van der Waals surface area contributed by atoms with Crippen molar-refractivity contribution in [2.75, 3.05) is 19.6 Å². The van der Waals surface area contributed by atoms with Gasteiger partial charge in [0.25, 0.3) is 5.91 Å². The zero-order chi connectivity index (χ0) is 17.2. The van der Waals surface area contributed by atoms with Crippen molar-refractivity contribution in [3.8, 4) is 0 Å². The predicted molar refractivity (Wildman–Crippen MR) is 98.2 cm³/mol. The van der Waals surface area contributed by atoms with E-state index in [0.29, 0.717) is 17.5 Å². The third kappa shape index (κ3) is 3.59. The summed E-state index contributed by atoms with van der Waals surface area (Å²) >= 11 is 0. The Hall–Kier alpha value is -2.20. The van der Waals surface area contributed by atoms with Gasteiger partial charge in [-0.05, 0) is 43.4 Å². The molecule has 3 aliphatic rings. The highest BCUT2D eigenvalue weighted by molar-refractivity contribution is 5.94. The summed E-state index contributed by atoms with van der Waals surface area (Å²) in [6.45, 7) is 5.72. The first kappa shape index (κ1) is 16.3. The lowest BCUT2D eigenvalue weighted by atomic mass is 9.94. The molecule has 0 aliphatic carbocycles. The molecule has 1 amide bonds. The summed E-state index contributed by atoms with van der Waals surface area (Å²) in [7, 11) is 0. The van der Waals surface area contributed by atoms with Gasteiger partial charge in [-0.3, -0.25) is 14.7 Å². The van der Waals surface area contributed by atoms with E-state index in [2.05, 4.69) is 45.1 Å². The molecule has 3 fully saturated rings. The molecule has 4 nitrogen and oxygen atoms in total. The number of piperidine rings is 1. The van der Waals surface area contributed by atoms with E-state index in [4.69, 9.17) is 0 Å². The van der Waals surface area contributed by atoms with Gasteiger partial charge >= 0.3 is 0 Å². The molecule has 1 aromatic heterocycles. The molecule has 130 valence electrons. The fourth-order valence-corrected chi connectivity index (χ4v) is 4.13. The third-order valence-electron chi connectivity index (χ3n) is 5.50.